The molecule has 1 rings (SSSR count). The van der Waals surface area contributed by atoms with Crippen LogP contribution in [0.3, 0.4) is 0 Å². The maximum Gasteiger partial charge on any atom is 0.0755 e. The molecule has 0 N–H and O–H groups in total. The van der Waals surface area contributed by atoms with E-state index in [0.717, 1.165) is 18.5 Å². The predicted octanol–water partition coefficient (Wildman–Crippen LogP) is 1.49. The first-order chi connectivity index (χ1) is 3.93. The molecule has 0 radical (unpaired) electrons. The number of aryl methyl sites for hydroxylation is 1. The summed E-state index contributed by atoms with van der Waals surface area (Å²) in [6, 6.07) is 0. The molecule has 8 heavy (non-hydrogen) atoms. The molecule has 0 bridgehead atoms. The maximum atomic E-state index is 3.87. The van der Waals surface area contributed by atoms with Crippen molar-refractivity contribution < 1.29 is 0 Å². The summed E-state index contributed by atoms with van der Waals surface area (Å²) in [4.78, 5) is 0. The van der Waals surface area contributed by atoms with Gasteiger partial charge in [0, 0.05) is 5.38 Å². The van der Waals surface area contributed by atoms with Gasteiger partial charge < -0.3 is 0 Å². The highest BCUT2D eigenvalue weighted by atomic mass is 32.1. The lowest BCUT2D eigenvalue weighted by Gasteiger charge is -1.82. The summed E-state index contributed by atoms with van der Waals surface area (Å²) in [5, 5.41) is 5.86. The molecule has 0 saturated carbocycles. The Labute approximate surface area is 52.7 Å². The molecule has 0 unspecified atom stereocenters. The van der Waals surface area contributed by atoms with Crippen LogP contribution in [0.2, 0.25) is 0 Å². The van der Waals surface area contributed by atoms with Gasteiger partial charge in [0.1, 0.15) is 0 Å². The van der Waals surface area contributed by atoms with Gasteiger partial charge in [0.05, 0.1) is 5.69 Å². The summed E-state index contributed by atoms with van der Waals surface area (Å²) in [7, 11) is 0. The zero-order valence-electron chi connectivity index (χ0n) is 4.79. The van der Waals surface area contributed by atoms with Crippen LogP contribution in [-0.2, 0) is 6.42 Å². The third kappa shape index (κ3) is 1.26. The van der Waals surface area contributed by atoms with Crippen LogP contribution < -0.4 is 0 Å². The van der Waals surface area contributed by atoms with Crippen LogP contribution in [0.25, 0.3) is 0 Å². The van der Waals surface area contributed by atoms with Crippen molar-refractivity contribution in [2.75, 3.05) is 0 Å². The lowest BCUT2D eigenvalue weighted by Crippen LogP contribution is -1.80. The fourth-order valence-corrected chi connectivity index (χ4v) is 1.03. The second kappa shape index (κ2) is 2.77. The maximum absolute atomic E-state index is 3.87. The van der Waals surface area contributed by atoms with Crippen molar-refractivity contribution >= 4 is 11.5 Å². The van der Waals surface area contributed by atoms with E-state index in [4.69, 9.17) is 0 Å². The zero-order chi connectivity index (χ0) is 5.82. The molecular weight excluding hydrogens is 120 g/mol. The van der Waals surface area contributed by atoms with E-state index in [9.17, 15) is 0 Å². The van der Waals surface area contributed by atoms with E-state index in [0.29, 0.717) is 0 Å². The first kappa shape index (κ1) is 5.69. The molecule has 1 aromatic heterocycles. The highest BCUT2D eigenvalue weighted by Crippen LogP contribution is 1.98. The van der Waals surface area contributed by atoms with Crippen molar-refractivity contribution in [3.63, 3.8) is 0 Å². The molecule has 0 fully saturated rings. The second-order valence-corrected chi connectivity index (χ2v) is 2.26. The summed E-state index contributed by atoms with van der Waals surface area (Å²) in [6.07, 6.45) is 2.22. The Morgan fingerprint density at radius 1 is 1.75 bits per heavy atom. The molecular formula is C5H8N2S. The molecule has 0 aliphatic heterocycles. The summed E-state index contributed by atoms with van der Waals surface area (Å²) < 4.78 is 3.73. The highest BCUT2D eigenvalue weighted by Gasteiger charge is 1.90. The van der Waals surface area contributed by atoms with E-state index in [1.54, 1.807) is 0 Å². The number of aromatic nitrogens is 2. The molecule has 3 heteroatoms. The first-order valence-corrected chi connectivity index (χ1v) is 3.53. The van der Waals surface area contributed by atoms with Crippen molar-refractivity contribution in [2.24, 2.45) is 0 Å². The first-order valence-electron chi connectivity index (χ1n) is 2.69. The Bertz CT molecular complexity index is 136. The predicted molar refractivity (Wildman–Crippen MR) is 33.9 cm³/mol. The van der Waals surface area contributed by atoms with Gasteiger partial charge in [-0.25, -0.2) is 0 Å². The van der Waals surface area contributed by atoms with Crippen LogP contribution in [0, 0.1) is 0 Å². The molecule has 44 valence electrons. The highest BCUT2D eigenvalue weighted by molar-refractivity contribution is 7.03. The Kier molecular flexibility index (Phi) is 1.97. The van der Waals surface area contributed by atoms with Crippen LogP contribution in [0.15, 0.2) is 5.38 Å². The molecule has 1 heterocycles. The van der Waals surface area contributed by atoms with Crippen LogP contribution in [-0.4, -0.2) is 9.59 Å². The van der Waals surface area contributed by atoms with Gasteiger partial charge in [0.25, 0.3) is 0 Å². The molecule has 0 saturated heterocycles. The van der Waals surface area contributed by atoms with Gasteiger partial charge in [0.15, 0.2) is 0 Å². The third-order valence-electron chi connectivity index (χ3n) is 0.911. The zero-order valence-corrected chi connectivity index (χ0v) is 5.61. The van der Waals surface area contributed by atoms with Crippen LogP contribution >= 0.6 is 11.5 Å². The van der Waals surface area contributed by atoms with Crippen LogP contribution in [0.4, 0.5) is 0 Å². The van der Waals surface area contributed by atoms with Crippen molar-refractivity contribution in [3.8, 4) is 0 Å². The van der Waals surface area contributed by atoms with Crippen molar-refractivity contribution in [1.82, 2.24) is 9.59 Å². The summed E-state index contributed by atoms with van der Waals surface area (Å²) in [6.45, 7) is 2.14. The van der Waals surface area contributed by atoms with E-state index in [1.807, 2.05) is 5.38 Å². The van der Waals surface area contributed by atoms with E-state index >= 15 is 0 Å². The third-order valence-corrected chi connectivity index (χ3v) is 1.46. The van der Waals surface area contributed by atoms with E-state index in [2.05, 4.69) is 16.5 Å². The lowest BCUT2D eigenvalue weighted by atomic mass is 10.3. The monoisotopic (exact) mass is 128 g/mol. The van der Waals surface area contributed by atoms with Gasteiger partial charge in [-0.3, -0.25) is 0 Å². The quantitative estimate of drug-likeness (QED) is 0.603. The smallest absolute Gasteiger partial charge is 0.0755 e. The number of rotatable bonds is 2. The fraction of sp³-hybridized carbons (Fsp3) is 0.600. The summed E-state index contributed by atoms with van der Waals surface area (Å²) in [5.41, 5.74) is 1.12. The van der Waals surface area contributed by atoms with Gasteiger partial charge >= 0.3 is 0 Å². The van der Waals surface area contributed by atoms with Gasteiger partial charge in [-0.15, -0.1) is 5.10 Å². The fourth-order valence-electron chi connectivity index (χ4n) is 0.549. The Morgan fingerprint density at radius 3 is 3.12 bits per heavy atom. The molecule has 1 aromatic rings. The minimum Gasteiger partial charge on any atom is -0.143 e. The van der Waals surface area contributed by atoms with Crippen LogP contribution in [0.5, 0.6) is 0 Å². The molecule has 0 aromatic carbocycles. The van der Waals surface area contributed by atoms with E-state index in [-0.39, 0.29) is 0 Å². The van der Waals surface area contributed by atoms with Gasteiger partial charge in [-0.1, -0.05) is 17.8 Å². The summed E-state index contributed by atoms with van der Waals surface area (Å²) >= 11 is 1.42. The van der Waals surface area contributed by atoms with Gasteiger partial charge in [0.2, 0.25) is 0 Å². The molecule has 0 aliphatic rings. The Hall–Kier alpha value is -0.440. The van der Waals surface area contributed by atoms with E-state index < -0.39 is 0 Å². The minimum atomic E-state index is 1.07. The van der Waals surface area contributed by atoms with Gasteiger partial charge in [-0.2, -0.15) is 0 Å². The van der Waals surface area contributed by atoms with Crippen molar-refractivity contribution in [3.05, 3.63) is 11.1 Å². The Morgan fingerprint density at radius 2 is 2.62 bits per heavy atom. The average Bonchev–Trinajstić information content (AvgIpc) is 2.19. The molecule has 0 amide bonds. The number of hydrogen-bond acceptors (Lipinski definition) is 3. The standard InChI is InChI=1S/C5H8N2S/c1-2-3-5-4-8-7-6-5/h4H,2-3H2,1H3. The number of hydrogen-bond donors (Lipinski definition) is 0. The lowest BCUT2D eigenvalue weighted by molar-refractivity contribution is 0.870. The average molecular weight is 128 g/mol. The molecule has 0 aliphatic carbocycles. The Balaban J connectivity index is 2.50. The topological polar surface area (TPSA) is 25.8 Å². The van der Waals surface area contributed by atoms with Crippen molar-refractivity contribution in [1.29, 1.82) is 0 Å². The van der Waals surface area contributed by atoms with Crippen molar-refractivity contribution in [2.45, 2.75) is 19.8 Å². The summed E-state index contributed by atoms with van der Waals surface area (Å²) in [5.74, 6) is 0. The van der Waals surface area contributed by atoms with E-state index in [1.165, 1.54) is 11.5 Å². The number of nitrogens with zero attached hydrogens (tertiary/aromatic N) is 2. The largest absolute Gasteiger partial charge is 0.143 e. The second-order valence-electron chi connectivity index (χ2n) is 1.65. The van der Waals surface area contributed by atoms with Gasteiger partial charge in [-0.05, 0) is 18.0 Å². The molecule has 0 spiro atoms. The van der Waals surface area contributed by atoms with Crippen LogP contribution in [0.1, 0.15) is 19.0 Å². The minimum absolute atomic E-state index is 1.07. The molecule has 0 atom stereocenters. The normalized spacial score (nSPS) is 9.62. The SMILES string of the molecule is CCCc1csnn1. The molecule has 2 nitrogen and oxygen atoms in total.